The summed E-state index contributed by atoms with van der Waals surface area (Å²) in [6, 6.07) is 7.59. The Labute approximate surface area is 143 Å². The Balaban J connectivity index is 2.59. The number of hydrogen-bond donors (Lipinski definition) is 1. The number of rotatable bonds is 10. The molecule has 6 nitrogen and oxygen atoms in total. The molecule has 6 heteroatoms. The molecule has 0 bridgehead atoms. The van der Waals surface area contributed by atoms with Gasteiger partial charge in [0.05, 0.1) is 26.2 Å². The second kappa shape index (κ2) is 10.8. The van der Waals surface area contributed by atoms with E-state index < -0.39 is 12.0 Å². The molecule has 1 aromatic rings. The number of aryl methyl sites for hydroxylation is 1. The van der Waals surface area contributed by atoms with Crippen molar-refractivity contribution in [3.05, 3.63) is 35.4 Å². The van der Waals surface area contributed by atoms with Gasteiger partial charge in [-0.25, -0.2) is 0 Å². The van der Waals surface area contributed by atoms with Crippen LogP contribution in [0.25, 0.3) is 0 Å². The zero-order valence-electron chi connectivity index (χ0n) is 14.8. The molecule has 0 aromatic heterocycles. The highest BCUT2D eigenvalue weighted by atomic mass is 16.5. The second-order valence-corrected chi connectivity index (χ2v) is 5.44. The number of hydrogen-bond acceptors (Lipinski definition) is 5. The van der Waals surface area contributed by atoms with Crippen LogP contribution in [0.3, 0.4) is 0 Å². The first-order valence-electron chi connectivity index (χ1n) is 8.11. The second-order valence-electron chi connectivity index (χ2n) is 5.44. The molecule has 1 amide bonds. The number of nitrogens with one attached hydrogen (secondary N) is 1. The van der Waals surface area contributed by atoms with Crippen LogP contribution in [0.1, 0.15) is 30.9 Å². The van der Waals surface area contributed by atoms with Crippen LogP contribution in [0.5, 0.6) is 0 Å². The zero-order chi connectivity index (χ0) is 17.9. The van der Waals surface area contributed by atoms with Crippen molar-refractivity contribution in [2.75, 3.05) is 33.5 Å². The predicted octanol–water partition coefficient (Wildman–Crippen LogP) is 1.81. The highest BCUT2D eigenvalue weighted by Gasteiger charge is 2.23. The Kier molecular flexibility index (Phi) is 9.04. The lowest BCUT2D eigenvalue weighted by Gasteiger charge is -2.18. The maximum atomic E-state index is 12.1. The fraction of sp³-hybridized carbons (Fsp3) is 0.556. The van der Waals surface area contributed by atoms with Gasteiger partial charge < -0.3 is 19.5 Å². The van der Waals surface area contributed by atoms with E-state index in [2.05, 4.69) is 5.32 Å². The average Bonchev–Trinajstić information content (AvgIpc) is 2.58. The van der Waals surface area contributed by atoms with Crippen molar-refractivity contribution in [3.8, 4) is 0 Å². The molecule has 0 saturated carbocycles. The van der Waals surface area contributed by atoms with E-state index >= 15 is 0 Å². The molecule has 1 rings (SSSR count). The van der Waals surface area contributed by atoms with Crippen LogP contribution >= 0.6 is 0 Å². The van der Waals surface area contributed by atoms with E-state index in [1.807, 2.05) is 38.1 Å². The number of carbonyl (C=O) groups is 2. The normalized spacial score (nSPS) is 13.2. The molecule has 24 heavy (non-hydrogen) atoms. The van der Waals surface area contributed by atoms with Gasteiger partial charge in [-0.2, -0.15) is 0 Å². The minimum atomic E-state index is -0.610. The lowest BCUT2D eigenvalue weighted by Crippen LogP contribution is -2.39. The van der Waals surface area contributed by atoms with E-state index in [0.717, 1.165) is 11.1 Å². The molecule has 0 aliphatic heterocycles. The minimum absolute atomic E-state index is 0.161. The van der Waals surface area contributed by atoms with Gasteiger partial charge in [-0.1, -0.05) is 29.8 Å². The average molecular weight is 337 g/mol. The third-order valence-electron chi connectivity index (χ3n) is 3.58. The molecule has 1 aromatic carbocycles. The van der Waals surface area contributed by atoms with Gasteiger partial charge in [-0.3, -0.25) is 9.59 Å². The summed E-state index contributed by atoms with van der Waals surface area (Å²) in [4.78, 5) is 24.1. The molecule has 134 valence electrons. The fourth-order valence-electron chi connectivity index (χ4n) is 2.22. The molecular formula is C18H27NO5. The Hall–Kier alpha value is -1.92. The van der Waals surface area contributed by atoms with Gasteiger partial charge in [0.1, 0.15) is 6.10 Å². The lowest BCUT2D eigenvalue weighted by molar-refractivity contribution is -0.142. The molecule has 1 N–H and O–H groups in total. The van der Waals surface area contributed by atoms with Crippen molar-refractivity contribution in [1.82, 2.24) is 5.32 Å². The molecule has 0 aliphatic carbocycles. The lowest BCUT2D eigenvalue weighted by atomic mass is 9.97. The predicted molar refractivity (Wildman–Crippen MR) is 90.9 cm³/mol. The van der Waals surface area contributed by atoms with E-state index in [-0.39, 0.29) is 18.4 Å². The van der Waals surface area contributed by atoms with Crippen LogP contribution in [-0.2, 0) is 23.8 Å². The standard InChI is InChI=1S/C18H27NO5/c1-5-23-9-10-24-14(3)17(20)19-12-16(18(21)22-4)15-8-6-7-13(2)11-15/h6-8,11,14,16H,5,9-10,12H2,1-4H3,(H,19,20)/t14-,16-/m0/s1. The van der Waals surface area contributed by atoms with E-state index in [4.69, 9.17) is 14.2 Å². The first-order chi connectivity index (χ1) is 11.5. The van der Waals surface area contributed by atoms with Gasteiger partial charge >= 0.3 is 5.97 Å². The number of ether oxygens (including phenoxy) is 3. The minimum Gasteiger partial charge on any atom is -0.468 e. The molecule has 0 unspecified atom stereocenters. The molecular weight excluding hydrogens is 310 g/mol. The Bertz CT molecular complexity index is 532. The summed E-state index contributed by atoms with van der Waals surface area (Å²) >= 11 is 0. The van der Waals surface area contributed by atoms with Crippen LogP contribution in [0.15, 0.2) is 24.3 Å². The van der Waals surface area contributed by atoms with Gasteiger partial charge in [-0.05, 0) is 26.3 Å². The first kappa shape index (κ1) is 20.1. The van der Waals surface area contributed by atoms with Crippen LogP contribution in [0, 0.1) is 6.92 Å². The summed E-state index contributed by atoms with van der Waals surface area (Å²) in [7, 11) is 1.34. The molecule has 0 radical (unpaired) electrons. The van der Waals surface area contributed by atoms with Crippen molar-refractivity contribution in [2.45, 2.75) is 32.8 Å². The SMILES string of the molecule is CCOCCO[C@@H](C)C(=O)NC[C@H](C(=O)OC)c1cccc(C)c1. The number of methoxy groups -OCH3 is 1. The van der Waals surface area contributed by atoms with E-state index in [1.165, 1.54) is 7.11 Å². The summed E-state index contributed by atoms with van der Waals surface area (Å²) in [5.74, 6) is -1.20. The van der Waals surface area contributed by atoms with Crippen molar-refractivity contribution >= 4 is 11.9 Å². The number of carbonyl (C=O) groups excluding carboxylic acids is 2. The molecule has 0 aliphatic rings. The van der Waals surface area contributed by atoms with Crippen LogP contribution in [0.2, 0.25) is 0 Å². The molecule has 2 atom stereocenters. The Morgan fingerprint density at radius 2 is 2.00 bits per heavy atom. The quantitative estimate of drug-likeness (QED) is 0.521. The maximum Gasteiger partial charge on any atom is 0.314 e. The zero-order valence-corrected chi connectivity index (χ0v) is 14.8. The number of benzene rings is 1. The van der Waals surface area contributed by atoms with Crippen LogP contribution in [-0.4, -0.2) is 51.5 Å². The smallest absolute Gasteiger partial charge is 0.314 e. The molecule has 0 heterocycles. The van der Waals surface area contributed by atoms with E-state index in [1.54, 1.807) is 6.92 Å². The van der Waals surface area contributed by atoms with Crippen LogP contribution < -0.4 is 5.32 Å². The van der Waals surface area contributed by atoms with Gasteiger partial charge in [0.25, 0.3) is 0 Å². The Morgan fingerprint density at radius 1 is 1.25 bits per heavy atom. The summed E-state index contributed by atoms with van der Waals surface area (Å²) in [6.45, 7) is 7.08. The van der Waals surface area contributed by atoms with E-state index in [9.17, 15) is 9.59 Å². The highest BCUT2D eigenvalue weighted by molar-refractivity contribution is 5.83. The number of amides is 1. The monoisotopic (exact) mass is 337 g/mol. The molecule has 0 fully saturated rings. The third-order valence-corrected chi connectivity index (χ3v) is 3.58. The van der Waals surface area contributed by atoms with Crippen LogP contribution in [0.4, 0.5) is 0 Å². The summed E-state index contributed by atoms with van der Waals surface area (Å²) in [5, 5.41) is 2.75. The topological polar surface area (TPSA) is 73.9 Å². The maximum absolute atomic E-state index is 12.1. The van der Waals surface area contributed by atoms with Crippen molar-refractivity contribution in [3.63, 3.8) is 0 Å². The summed E-state index contributed by atoms with van der Waals surface area (Å²) in [6.07, 6.45) is -0.610. The van der Waals surface area contributed by atoms with Crippen molar-refractivity contribution in [1.29, 1.82) is 0 Å². The summed E-state index contributed by atoms with van der Waals surface area (Å²) in [5.41, 5.74) is 1.85. The van der Waals surface area contributed by atoms with Gasteiger partial charge in [-0.15, -0.1) is 0 Å². The third kappa shape index (κ3) is 6.68. The molecule has 0 saturated heterocycles. The molecule has 0 spiro atoms. The number of esters is 1. The fourth-order valence-corrected chi connectivity index (χ4v) is 2.22. The van der Waals surface area contributed by atoms with Crippen molar-refractivity contribution in [2.24, 2.45) is 0 Å². The largest absolute Gasteiger partial charge is 0.468 e. The first-order valence-corrected chi connectivity index (χ1v) is 8.11. The highest BCUT2D eigenvalue weighted by Crippen LogP contribution is 2.18. The Morgan fingerprint density at radius 3 is 2.62 bits per heavy atom. The van der Waals surface area contributed by atoms with Gasteiger partial charge in [0.2, 0.25) is 5.91 Å². The summed E-state index contributed by atoms with van der Waals surface area (Å²) < 4.78 is 15.4. The van der Waals surface area contributed by atoms with Crippen molar-refractivity contribution < 1.29 is 23.8 Å². The van der Waals surface area contributed by atoms with Gasteiger partial charge in [0.15, 0.2) is 0 Å². The van der Waals surface area contributed by atoms with Gasteiger partial charge in [0, 0.05) is 13.2 Å². The van der Waals surface area contributed by atoms with E-state index in [0.29, 0.717) is 19.8 Å².